The minimum absolute atomic E-state index is 0.0393. The molecular weight excluding hydrogens is 243 g/mol. The number of halogens is 1. The van der Waals surface area contributed by atoms with Gasteiger partial charge in [0.1, 0.15) is 5.82 Å². The van der Waals surface area contributed by atoms with Gasteiger partial charge in [-0.25, -0.2) is 4.39 Å². The second kappa shape index (κ2) is 6.46. The van der Waals surface area contributed by atoms with Gasteiger partial charge in [0.2, 0.25) is 0 Å². The standard InChI is InChI=1S/C15H25FN2O/c1-5-13(17)14(18(4)15(2,3)10-19)11-6-8-12(16)9-7-11/h6-9,13-14,19H,5,10,17H2,1-4H3. The van der Waals surface area contributed by atoms with Crippen LogP contribution in [0, 0.1) is 5.82 Å². The van der Waals surface area contributed by atoms with E-state index in [-0.39, 0.29) is 30.0 Å². The molecular formula is C15H25FN2O. The molecule has 3 N–H and O–H groups in total. The smallest absolute Gasteiger partial charge is 0.123 e. The average molecular weight is 268 g/mol. The number of hydrogen-bond donors (Lipinski definition) is 2. The highest BCUT2D eigenvalue weighted by molar-refractivity contribution is 5.22. The zero-order valence-corrected chi connectivity index (χ0v) is 12.2. The van der Waals surface area contributed by atoms with Gasteiger partial charge < -0.3 is 10.8 Å². The number of aliphatic hydroxyl groups excluding tert-OH is 1. The summed E-state index contributed by atoms with van der Waals surface area (Å²) in [6.45, 7) is 6.00. The zero-order chi connectivity index (χ0) is 14.6. The third kappa shape index (κ3) is 3.75. The van der Waals surface area contributed by atoms with Gasteiger partial charge in [-0.3, -0.25) is 4.90 Å². The van der Waals surface area contributed by atoms with Crippen molar-refractivity contribution in [2.45, 2.75) is 44.8 Å². The maximum atomic E-state index is 13.0. The summed E-state index contributed by atoms with van der Waals surface area (Å²) in [5, 5.41) is 9.52. The van der Waals surface area contributed by atoms with Crippen LogP contribution in [0.3, 0.4) is 0 Å². The van der Waals surface area contributed by atoms with Gasteiger partial charge in [0.05, 0.1) is 12.6 Å². The Morgan fingerprint density at radius 3 is 2.26 bits per heavy atom. The van der Waals surface area contributed by atoms with Gasteiger partial charge in [0.15, 0.2) is 0 Å². The predicted octanol–water partition coefficient (Wildman–Crippen LogP) is 2.31. The van der Waals surface area contributed by atoms with Crippen LogP contribution in [-0.4, -0.2) is 35.2 Å². The topological polar surface area (TPSA) is 49.5 Å². The van der Waals surface area contributed by atoms with Gasteiger partial charge in [-0.2, -0.15) is 0 Å². The molecule has 2 atom stereocenters. The van der Waals surface area contributed by atoms with E-state index in [0.717, 1.165) is 12.0 Å². The largest absolute Gasteiger partial charge is 0.394 e. The molecule has 0 aliphatic heterocycles. The summed E-state index contributed by atoms with van der Waals surface area (Å²) in [6.07, 6.45) is 0.813. The van der Waals surface area contributed by atoms with Crippen LogP contribution < -0.4 is 5.73 Å². The molecule has 0 spiro atoms. The Hall–Kier alpha value is -0.970. The lowest BCUT2D eigenvalue weighted by atomic mass is 9.92. The highest BCUT2D eigenvalue weighted by atomic mass is 19.1. The minimum Gasteiger partial charge on any atom is -0.394 e. The first-order valence-corrected chi connectivity index (χ1v) is 6.68. The van der Waals surface area contributed by atoms with E-state index < -0.39 is 0 Å². The second-order valence-corrected chi connectivity index (χ2v) is 5.65. The molecule has 0 amide bonds. The number of likely N-dealkylation sites (N-methyl/N-ethyl adjacent to an activating group) is 1. The van der Waals surface area contributed by atoms with Gasteiger partial charge in [0, 0.05) is 11.6 Å². The first kappa shape index (κ1) is 16.1. The highest BCUT2D eigenvalue weighted by Crippen LogP contribution is 2.29. The molecule has 0 fully saturated rings. The molecule has 0 bridgehead atoms. The molecule has 0 aliphatic carbocycles. The van der Waals surface area contributed by atoms with E-state index in [1.807, 2.05) is 27.8 Å². The van der Waals surface area contributed by atoms with Gasteiger partial charge in [0.25, 0.3) is 0 Å². The van der Waals surface area contributed by atoms with Crippen LogP contribution >= 0.6 is 0 Å². The molecule has 1 aromatic rings. The lowest BCUT2D eigenvalue weighted by molar-refractivity contribution is 0.0345. The fourth-order valence-electron chi connectivity index (χ4n) is 2.13. The molecule has 0 aliphatic rings. The van der Waals surface area contributed by atoms with Crippen LogP contribution in [-0.2, 0) is 0 Å². The summed E-state index contributed by atoms with van der Waals surface area (Å²) in [5.41, 5.74) is 6.81. The van der Waals surface area contributed by atoms with Crippen molar-refractivity contribution in [1.82, 2.24) is 4.90 Å². The van der Waals surface area contributed by atoms with Crippen LogP contribution in [0.2, 0.25) is 0 Å². The van der Waals surface area contributed by atoms with E-state index in [1.54, 1.807) is 12.1 Å². The van der Waals surface area contributed by atoms with Gasteiger partial charge in [-0.05, 0) is 45.0 Å². The zero-order valence-electron chi connectivity index (χ0n) is 12.2. The molecule has 2 unspecified atom stereocenters. The third-order valence-electron chi connectivity index (χ3n) is 3.85. The molecule has 4 heteroatoms. The maximum absolute atomic E-state index is 13.0. The molecule has 0 saturated carbocycles. The van der Waals surface area contributed by atoms with Gasteiger partial charge in [-0.15, -0.1) is 0 Å². The number of hydrogen-bond acceptors (Lipinski definition) is 3. The van der Waals surface area contributed by atoms with E-state index in [9.17, 15) is 9.50 Å². The molecule has 0 aromatic heterocycles. The van der Waals surface area contributed by atoms with Crippen LogP contribution in [0.1, 0.15) is 38.8 Å². The van der Waals surface area contributed by atoms with Gasteiger partial charge >= 0.3 is 0 Å². The normalized spacial score (nSPS) is 15.6. The maximum Gasteiger partial charge on any atom is 0.123 e. The van der Waals surface area contributed by atoms with E-state index in [2.05, 4.69) is 4.90 Å². The molecule has 0 saturated heterocycles. The number of nitrogens with two attached hydrogens (primary N) is 1. The minimum atomic E-state index is -0.383. The summed E-state index contributed by atoms with van der Waals surface area (Å²) < 4.78 is 13.0. The number of aliphatic hydroxyl groups is 1. The SMILES string of the molecule is CCC(N)C(c1ccc(F)cc1)N(C)C(C)(C)CO. The van der Waals surface area contributed by atoms with Crippen molar-refractivity contribution >= 4 is 0 Å². The van der Waals surface area contributed by atoms with E-state index >= 15 is 0 Å². The van der Waals surface area contributed by atoms with E-state index in [0.29, 0.717) is 0 Å². The predicted molar refractivity (Wildman–Crippen MR) is 76.3 cm³/mol. The second-order valence-electron chi connectivity index (χ2n) is 5.65. The Morgan fingerprint density at radius 2 is 1.84 bits per heavy atom. The fourth-order valence-corrected chi connectivity index (χ4v) is 2.13. The first-order chi connectivity index (χ1) is 8.83. The molecule has 1 rings (SSSR count). The molecule has 3 nitrogen and oxygen atoms in total. The summed E-state index contributed by atoms with van der Waals surface area (Å²) in [6, 6.07) is 6.31. The highest BCUT2D eigenvalue weighted by Gasteiger charge is 2.32. The van der Waals surface area contributed by atoms with Crippen LogP contribution in [0.4, 0.5) is 4.39 Å². The summed E-state index contributed by atoms with van der Waals surface area (Å²) in [5.74, 6) is -0.253. The quantitative estimate of drug-likeness (QED) is 0.832. The number of rotatable bonds is 6. The van der Waals surface area contributed by atoms with Crippen LogP contribution in [0.15, 0.2) is 24.3 Å². The van der Waals surface area contributed by atoms with Crippen molar-refractivity contribution in [2.75, 3.05) is 13.7 Å². The molecule has 0 heterocycles. The lowest BCUT2D eigenvalue weighted by Crippen LogP contribution is -2.51. The van der Waals surface area contributed by atoms with Crippen molar-refractivity contribution in [2.24, 2.45) is 5.73 Å². The van der Waals surface area contributed by atoms with Crippen molar-refractivity contribution in [3.05, 3.63) is 35.6 Å². The van der Waals surface area contributed by atoms with Crippen molar-refractivity contribution in [3.8, 4) is 0 Å². The molecule has 1 aromatic carbocycles. The number of nitrogens with zero attached hydrogens (tertiary/aromatic N) is 1. The number of benzene rings is 1. The molecule has 108 valence electrons. The lowest BCUT2D eigenvalue weighted by Gasteiger charge is -2.42. The Labute approximate surface area is 115 Å². The average Bonchev–Trinajstić information content (AvgIpc) is 2.40. The molecule has 0 radical (unpaired) electrons. The fraction of sp³-hybridized carbons (Fsp3) is 0.600. The summed E-state index contributed by atoms with van der Waals surface area (Å²) in [7, 11) is 1.94. The van der Waals surface area contributed by atoms with Crippen LogP contribution in [0.25, 0.3) is 0 Å². The Bertz CT molecular complexity index is 392. The summed E-state index contributed by atoms with van der Waals surface area (Å²) in [4.78, 5) is 2.06. The third-order valence-corrected chi connectivity index (χ3v) is 3.85. The first-order valence-electron chi connectivity index (χ1n) is 6.68. The summed E-state index contributed by atoms with van der Waals surface area (Å²) >= 11 is 0. The van der Waals surface area contributed by atoms with E-state index in [1.165, 1.54) is 12.1 Å². The van der Waals surface area contributed by atoms with Crippen molar-refractivity contribution < 1.29 is 9.50 Å². The van der Waals surface area contributed by atoms with E-state index in [4.69, 9.17) is 5.73 Å². The van der Waals surface area contributed by atoms with Gasteiger partial charge in [-0.1, -0.05) is 19.1 Å². The Morgan fingerprint density at radius 1 is 1.32 bits per heavy atom. The molecule has 19 heavy (non-hydrogen) atoms. The Balaban J connectivity index is 3.11. The Kier molecular flexibility index (Phi) is 5.47. The van der Waals surface area contributed by atoms with Crippen molar-refractivity contribution in [3.63, 3.8) is 0 Å². The monoisotopic (exact) mass is 268 g/mol. The van der Waals surface area contributed by atoms with Crippen molar-refractivity contribution in [1.29, 1.82) is 0 Å². The van der Waals surface area contributed by atoms with Crippen LogP contribution in [0.5, 0.6) is 0 Å².